The molecule has 0 N–H and O–H groups in total. The van der Waals surface area contributed by atoms with Gasteiger partial charge in [-0.25, -0.2) is 0 Å². The van der Waals surface area contributed by atoms with Crippen LogP contribution in [0.3, 0.4) is 0 Å². The number of carbonyl (C=O) groups is 3. The van der Waals surface area contributed by atoms with Gasteiger partial charge in [-0.15, -0.1) is 0 Å². The van der Waals surface area contributed by atoms with E-state index in [2.05, 4.69) is 45.1 Å². The summed E-state index contributed by atoms with van der Waals surface area (Å²) in [5, 5.41) is 0. The number of ether oxygens (including phenoxy) is 3. The zero-order valence-electron chi connectivity index (χ0n) is 54.4. The van der Waals surface area contributed by atoms with Crippen molar-refractivity contribution in [2.24, 2.45) is 0 Å². The molecule has 0 heterocycles. The minimum absolute atomic E-state index is 0.0692. The van der Waals surface area contributed by atoms with E-state index in [1.165, 1.54) is 295 Å². The van der Waals surface area contributed by atoms with Crippen LogP contribution >= 0.6 is 0 Å². The first-order valence-electron chi connectivity index (χ1n) is 36.3. The van der Waals surface area contributed by atoms with Crippen LogP contribution in [-0.4, -0.2) is 37.2 Å². The predicted octanol–water partition coefficient (Wildman–Crippen LogP) is 25.0. The molecule has 472 valence electrons. The van der Waals surface area contributed by atoms with Crippen LogP contribution in [-0.2, 0) is 28.6 Å². The summed E-state index contributed by atoms with van der Waals surface area (Å²) in [7, 11) is 0. The second-order valence-corrected chi connectivity index (χ2v) is 24.9. The fraction of sp³-hybridized carbons (Fsp3) is 0.905. The number of carbonyl (C=O) groups excluding carboxylic acids is 3. The molecular formula is C74H140O6. The summed E-state index contributed by atoms with van der Waals surface area (Å²) in [4.78, 5) is 38.4. The Hall–Kier alpha value is -2.11. The van der Waals surface area contributed by atoms with Gasteiger partial charge < -0.3 is 14.2 Å². The maximum atomic E-state index is 13.0. The normalized spacial score (nSPS) is 12.1. The Labute approximate surface area is 500 Å². The van der Waals surface area contributed by atoms with Crippen molar-refractivity contribution in [2.75, 3.05) is 13.2 Å². The van der Waals surface area contributed by atoms with E-state index in [0.29, 0.717) is 19.3 Å². The summed E-state index contributed by atoms with van der Waals surface area (Å²) in [5.41, 5.74) is 0. The van der Waals surface area contributed by atoms with Crippen LogP contribution in [0.2, 0.25) is 0 Å². The van der Waals surface area contributed by atoms with E-state index in [-0.39, 0.29) is 31.1 Å². The zero-order valence-corrected chi connectivity index (χ0v) is 54.4. The maximum absolute atomic E-state index is 13.0. The van der Waals surface area contributed by atoms with Gasteiger partial charge in [0, 0.05) is 19.3 Å². The van der Waals surface area contributed by atoms with Crippen LogP contribution < -0.4 is 0 Å². The smallest absolute Gasteiger partial charge is 0.306 e. The second-order valence-electron chi connectivity index (χ2n) is 24.9. The molecule has 0 radical (unpaired) electrons. The molecule has 0 fully saturated rings. The van der Waals surface area contributed by atoms with Crippen LogP contribution in [0.5, 0.6) is 0 Å². The van der Waals surface area contributed by atoms with Crippen LogP contribution in [0.4, 0.5) is 0 Å². The first-order valence-corrected chi connectivity index (χ1v) is 36.3. The third-order valence-electron chi connectivity index (χ3n) is 16.7. The number of allylic oxidation sites excluding steroid dienone is 4. The molecule has 0 saturated heterocycles. The third kappa shape index (κ3) is 66.7. The van der Waals surface area contributed by atoms with E-state index in [1.807, 2.05) is 0 Å². The van der Waals surface area contributed by atoms with Gasteiger partial charge in [0.25, 0.3) is 0 Å². The summed E-state index contributed by atoms with van der Waals surface area (Å²) >= 11 is 0. The maximum Gasteiger partial charge on any atom is 0.306 e. The Balaban J connectivity index is 4.20. The molecular weight excluding hydrogens is 985 g/mol. The van der Waals surface area contributed by atoms with Gasteiger partial charge >= 0.3 is 17.9 Å². The lowest BCUT2D eigenvalue weighted by atomic mass is 10.0. The van der Waals surface area contributed by atoms with Crippen molar-refractivity contribution in [3.05, 3.63) is 24.3 Å². The van der Waals surface area contributed by atoms with Gasteiger partial charge in [0.05, 0.1) is 0 Å². The molecule has 0 aromatic rings. The van der Waals surface area contributed by atoms with Gasteiger partial charge in [0.1, 0.15) is 13.2 Å². The standard InChI is InChI=1S/C74H140O6/c1-4-7-10-13-16-19-22-25-28-30-32-34-35-36-37-38-39-41-42-44-46-49-52-55-58-61-64-67-73(76)79-70-71(69-78-72(75)66-63-60-57-54-51-48-27-24-21-18-15-12-9-6-3)80-74(77)68-65-62-59-56-53-50-47-45-43-40-33-31-29-26-23-20-17-14-11-8-5-2/h15,18,24,27,71H,4-14,16-17,19-23,25-26,28-70H2,1-3H3/b18-15-,27-24-. The van der Waals surface area contributed by atoms with E-state index >= 15 is 0 Å². The number of unbranched alkanes of at least 4 members (excludes halogenated alkanes) is 53. The monoisotopic (exact) mass is 1130 g/mol. The molecule has 80 heavy (non-hydrogen) atoms. The molecule has 0 aromatic carbocycles. The summed E-state index contributed by atoms with van der Waals surface area (Å²) in [5.74, 6) is -0.850. The molecule has 6 nitrogen and oxygen atoms in total. The molecule has 0 aliphatic rings. The Morgan fingerprint density at radius 2 is 0.463 bits per heavy atom. The van der Waals surface area contributed by atoms with E-state index in [9.17, 15) is 14.4 Å². The molecule has 1 unspecified atom stereocenters. The Bertz CT molecular complexity index is 1290. The van der Waals surface area contributed by atoms with Crippen molar-refractivity contribution in [3.63, 3.8) is 0 Å². The molecule has 0 aliphatic carbocycles. The first-order chi connectivity index (χ1) is 39.5. The topological polar surface area (TPSA) is 78.9 Å². The summed E-state index contributed by atoms with van der Waals surface area (Å²) in [6.45, 7) is 6.68. The van der Waals surface area contributed by atoms with Gasteiger partial charge in [-0.1, -0.05) is 373 Å². The molecule has 0 rings (SSSR count). The van der Waals surface area contributed by atoms with Gasteiger partial charge in [-0.05, 0) is 44.9 Å². The van der Waals surface area contributed by atoms with Crippen molar-refractivity contribution in [2.45, 2.75) is 419 Å². The minimum Gasteiger partial charge on any atom is -0.462 e. The molecule has 0 spiro atoms. The lowest BCUT2D eigenvalue weighted by Crippen LogP contribution is -2.30. The summed E-state index contributed by atoms with van der Waals surface area (Å²) in [6.07, 6.45) is 85.1. The average molecular weight is 1130 g/mol. The first kappa shape index (κ1) is 77.9. The summed E-state index contributed by atoms with van der Waals surface area (Å²) in [6, 6.07) is 0. The number of hydrogen-bond donors (Lipinski definition) is 0. The Morgan fingerprint density at radius 1 is 0.250 bits per heavy atom. The van der Waals surface area contributed by atoms with Crippen LogP contribution in [0, 0.1) is 0 Å². The predicted molar refractivity (Wildman–Crippen MR) is 349 cm³/mol. The molecule has 0 aliphatic heterocycles. The van der Waals surface area contributed by atoms with E-state index in [0.717, 1.165) is 77.0 Å². The zero-order chi connectivity index (χ0) is 57.8. The summed E-state index contributed by atoms with van der Waals surface area (Å²) < 4.78 is 17.0. The molecule has 0 amide bonds. The van der Waals surface area contributed by atoms with Crippen molar-refractivity contribution < 1.29 is 28.6 Å². The van der Waals surface area contributed by atoms with Crippen LogP contribution in [0.25, 0.3) is 0 Å². The highest BCUT2D eigenvalue weighted by molar-refractivity contribution is 5.71. The third-order valence-corrected chi connectivity index (χ3v) is 16.7. The Morgan fingerprint density at radius 3 is 0.725 bits per heavy atom. The molecule has 0 saturated carbocycles. The fourth-order valence-corrected chi connectivity index (χ4v) is 11.2. The second kappa shape index (κ2) is 69.4. The van der Waals surface area contributed by atoms with Crippen molar-refractivity contribution >= 4 is 17.9 Å². The molecule has 1 atom stereocenters. The number of rotatable bonds is 68. The largest absolute Gasteiger partial charge is 0.462 e. The van der Waals surface area contributed by atoms with Crippen molar-refractivity contribution in [1.29, 1.82) is 0 Å². The highest BCUT2D eigenvalue weighted by Gasteiger charge is 2.19. The van der Waals surface area contributed by atoms with Crippen molar-refractivity contribution in [1.82, 2.24) is 0 Å². The fourth-order valence-electron chi connectivity index (χ4n) is 11.2. The molecule has 0 aromatic heterocycles. The van der Waals surface area contributed by atoms with Gasteiger partial charge in [-0.3, -0.25) is 14.4 Å². The van der Waals surface area contributed by atoms with E-state index < -0.39 is 6.10 Å². The minimum atomic E-state index is -0.774. The van der Waals surface area contributed by atoms with Crippen LogP contribution in [0.15, 0.2) is 24.3 Å². The lowest BCUT2D eigenvalue weighted by Gasteiger charge is -2.18. The SMILES string of the molecule is CCCC/C=C\C/C=C\CCCCCCCC(=O)OCC(COC(=O)CCCCCCCCCCCCCCCCCCCCCCCCCCCCC)OC(=O)CCCCCCCCCCCCCCCCCCCCCCC. The molecule has 6 heteroatoms. The highest BCUT2D eigenvalue weighted by Crippen LogP contribution is 2.19. The lowest BCUT2D eigenvalue weighted by molar-refractivity contribution is -0.167. The quantitative estimate of drug-likeness (QED) is 0.0261. The number of esters is 3. The van der Waals surface area contributed by atoms with E-state index in [4.69, 9.17) is 14.2 Å². The highest BCUT2D eigenvalue weighted by atomic mass is 16.6. The Kier molecular flexibility index (Phi) is 67.6. The van der Waals surface area contributed by atoms with Crippen molar-refractivity contribution in [3.8, 4) is 0 Å². The van der Waals surface area contributed by atoms with Crippen LogP contribution in [0.1, 0.15) is 412 Å². The average Bonchev–Trinajstić information content (AvgIpc) is 3.46. The van der Waals surface area contributed by atoms with Gasteiger partial charge in [-0.2, -0.15) is 0 Å². The van der Waals surface area contributed by atoms with E-state index in [1.54, 1.807) is 0 Å². The molecule has 0 bridgehead atoms. The van der Waals surface area contributed by atoms with Gasteiger partial charge in [0.2, 0.25) is 0 Å². The number of hydrogen-bond acceptors (Lipinski definition) is 6. The van der Waals surface area contributed by atoms with Gasteiger partial charge in [0.15, 0.2) is 6.10 Å².